The van der Waals surface area contributed by atoms with Crippen LogP contribution in [0.3, 0.4) is 0 Å². The van der Waals surface area contributed by atoms with Crippen LogP contribution in [0.4, 0.5) is 17.5 Å². The van der Waals surface area contributed by atoms with Crippen molar-refractivity contribution in [3.05, 3.63) is 16.3 Å². The Hall–Kier alpha value is -1.96. The summed E-state index contributed by atoms with van der Waals surface area (Å²) in [6, 6.07) is -0.108. The van der Waals surface area contributed by atoms with Crippen molar-refractivity contribution in [2.24, 2.45) is 0 Å². The first-order chi connectivity index (χ1) is 8.04. The van der Waals surface area contributed by atoms with Gasteiger partial charge in [-0.1, -0.05) is 0 Å². The Morgan fingerprint density at radius 2 is 2.41 bits per heavy atom. The molecular weight excluding hydrogens is 226 g/mol. The molecule has 0 aliphatic heterocycles. The molecule has 1 unspecified atom stereocenters. The van der Waals surface area contributed by atoms with Gasteiger partial charge in [0.2, 0.25) is 11.8 Å². The van der Waals surface area contributed by atoms with Crippen molar-refractivity contribution >= 4 is 17.5 Å². The molecule has 0 amide bonds. The Bertz CT molecular complexity index is 398. The number of rotatable bonds is 6. The van der Waals surface area contributed by atoms with Crippen molar-refractivity contribution in [1.29, 1.82) is 0 Å². The summed E-state index contributed by atoms with van der Waals surface area (Å²) in [6.45, 7) is 4.72. The molecule has 0 radical (unpaired) electrons. The third-order valence-electron chi connectivity index (χ3n) is 1.94. The summed E-state index contributed by atoms with van der Waals surface area (Å²) in [7, 11) is 0. The van der Waals surface area contributed by atoms with Gasteiger partial charge in [-0.2, -0.15) is 4.98 Å². The first-order valence-electron chi connectivity index (χ1n) is 5.15. The molecule has 1 heterocycles. The van der Waals surface area contributed by atoms with E-state index in [9.17, 15) is 10.1 Å². The maximum atomic E-state index is 10.7. The van der Waals surface area contributed by atoms with Crippen LogP contribution in [-0.2, 0) is 4.74 Å². The van der Waals surface area contributed by atoms with Gasteiger partial charge in [-0.25, -0.2) is 4.98 Å². The van der Waals surface area contributed by atoms with E-state index in [1.54, 1.807) is 0 Å². The summed E-state index contributed by atoms with van der Waals surface area (Å²) in [4.78, 5) is 17.6. The van der Waals surface area contributed by atoms with E-state index in [-0.39, 0.29) is 23.5 Å². The monoisotopic (exact) mass is 241 g/mol. The molecule has 94 valence electrons. The van der Waals surface area contributed by atoms with E-state index in [0.717, 1.165) is 6.20 Å². The molecule has 0 aromatic carbocycles. The van der Waals surface area contributed by atoms with Gasteiger partial charge in [0, 0.05) is 12.6 Å². The van der Waals surface area contributed by atoms with Crippen molar-refractivity contribution in [3.63, 3.8) is 0 Å². The number of aromatic nitrogens is 2. The highest BCUT2D eigenvalue weighted by molar-refractivity contribution is 5.56. The van der Waals surface area contributed by atoms with Crippen LogP contribution in [-0.4, -0.2) is 34.1 Å². The maximum absolute atomic E-state index is 10.7. The summed E-state index contributed by atoms with van der Waals surface area (Å²) >= 11 is 0. The van der Waals surface area contributed by atoms with E-state index < -0.39 is 4.92 Å². The minimum Gasteiger partial charge on any atom is -0.380 e. The van der Waals surface area contributed by atoms with Gasteiger partial charge in [-0.05, 0) is 13.8 Å². The molecule has 1 aromatic rings. The van der Waals surface area contributed by atoms with Gasteiger partial charge < -0.3 is 15.8 Å². The molecule has 1 aromatic heterocycles. The number of hydrogen-bond acceptors (Lipinski definition) is 7. The molecule has 3 N–H and O–H groups in total. The molecule has 1 rings (SSSR count). The van der Waals surface area contributed by atoms with Gasteiger partial charge in [0.25, 0.3) is 0 Å². The fourth-order valence-electron chi connectivity index (χ4n) is 1.20. The van der Waals surface area contributed by atoms with E-state index in [1.807, 2.05) is 13.8 Å². The second-order valence-corrected chi connectivity index (χ2v) is 3.42. The number of nitrogens with two attached hydrogens (primary N) is 1. The van der Waals surface area contributed by atoms with Gasteiger partial charge >= 0.3 is 5.69 Å². The molecule has 0 saturated heterocycles. The lowest BCUT2D eigenvalue weighted by Crippen LogP contribution is -2.23. The Labute approximate surface area is 98.4 Å². The molecule has 0 spiro atoms. The second-order valence-electron chi connectivity index (χ2n) is 3.42. The van der Waals surface area contributed by atoms with E-state index >= 15 is 0 Å². The molecule has 0 bridgehead atoms. The van der Waals surface area contributed by atoms with Gasteiger partial charge in [0.05, 0.1) is 11.5 Å². The van der Waals surface area contributed by atoms with Gasteiger partial charge in [0.1, 0.15) is 6.20 Å². The quantitative estimate of drug-likeness (QED) is 0.559. The van der Waals surface area contributed by atoms with Crippen molar-refractivity contribution in [2.75, 3.05) is 24.3 Å². The van der Waals surface area contributed by atoms with Gasteiger partial charge in [-0.3, -0.25) is 10.1 Å². The van der Waals surface area contributed by atoms with Crippen LogP contribution in [0.2, 0.25) is 0 Å². The summed E-state index contributed by atoms with van der Waals surface area (Å²) in [5.74, 6) is 0.0939. The lowest BCUT2D eigenvalue weighted by molar-refractivity contribution is -0.384. The molecule has 17 heavy (non-hydrogen) atoms. The maximum Gasteiger partial charge on any atom is 0.329 e. The summed E-state index contributed by atoms with van der Waals surface area (Å²) in [6.07, 6.45) is 1.08. The molecule has 0 saturated carbocycles. The normalized spacial score (nSPS) is 12.1. The third kappa shape index (κ3) is 3.83. The molecule has 0 aliphatic rings. The molecule has 0 fully saturated rings. The predicted octanol–water partition coefficient (Wildman–Crippen LogP) is 0.804. The molecule has 8 heteroatoms. The van der Waals surface area contributed by atoms with Crippen molar-refractivity contribution in [2.45, 2.75) is 19.9 Å². The standard InChI is InChI=1S/C9H15N5O3/c1-3-17-5-6(2)12-8-7(14(15)16)4-11-9(10)13-8/h4,6H,3,5H2,1-2H3,(H3,10,11,12,13). The van der Waals surface area contributed by atoms with E-state index in [2.05, 4.69) is 15.3 Å². The number of hydrogen-bond donors (Lipinski definition) is 2. The zero-order valence-corrected chi connectivity index (χ0v) is 9.71. The highest BCUT2D eigenvalue weighted by atomic mass is 16.6. The second kappa shape index (κ2) is 5.94. The number of nitrogens with zero attached hydrogens (tertiary/aromatic N) is 3. The number of nitrogens with one attached hydrogen (secondary N) is 1. The molecule has 0 aliphatic carbocycles. The zero-order valence-electron chi connectivity index (χ0n) is 9.71. The van der Waals surface area contributed by atoms with Crippen LogP contribution in [0.25, 0.3) is 0 Å². The number of nitrogen functional groups attached to an aromatic ring is 1. The molecule has 8 nitrogen and oxygen atoms in total. The van der Waals surface area contributed by atoms with Gasteiger partial charge in [0.15, 0.2) is 0 Å². The lowest BCUT2D eigenvalue weighted by atomic mass is 10.3. The first-order valence-corrected chi connectivity index (χ1v) is 5.15. The topological polar surface area (TPSA) is 116 Å². The predicted molar refractivity (Wildman–Crippen MR) is 62.7 cm³/mol. The van der Waals surface area contributed by atoms with Crippen molar-refractivity contribution in [3.8, 4) is 0 Å². The van der Waals surface area contributed by atoms with E-state index in [1.165, 1.54) is 0 Å². The Morgan fingerprint density at radius 1 is 1.71 bits per heavy atom. The number of ether oxygens (including phenoxy) is 1. The Balaban J connectivity index is 2.81. The van der Waals surface area contributed by atoms with Crippen LogP contribution in [0.1, 0.15) is 13.8 Å². The smallest absolute Gasteiger partial charge is 0.329 e. The largest absolute Gasteiger partial charge is 0.380 e. The number of nitro groups is 1. The van der Waals surface area contributed by atoms with E-state index in [4.69, 9.17) is 10.5 Å². The van der Waals surface area contributed by atoms with Crippen LogP contribution in [0, 0.1) is 10.1 Å². The van der Waals surface area contributed by atoms with E-state index in [0.29, 0.717) is 13.2 Å². The first kappa shape index (κ1) is 13.1. The van der Waals surface area contributed by atoms with Crippen molar-refractivity contribution in [1.82, 2.24) is 9.97 Å². The average molecular weight is 241 g/mol. The minimum atomic E-state index is -0.560. The van der Waals surface area contributed by atoms with Crippen molar-refractivity contribution < 1.29 is 9.66 Å². The minimum absolute atomic E-state index is 0.0123. The Kier molecular flexibility index (Phi) is 4.58. The van der Waals surface area contributed by atoms with Crippen LogP contribution in [0.5, 0.6) is 0 Å². The highest BCUT2D eigenvalue weighted by Crippen LogP contribution is 2.21. The highest BCUT2D eigenvalue weighted by Gasteiger charge is 2.18. The van der Waals surface area contributed by atoms with Crippen LogP contribution < -0.4 is 11.1 Å². The summed E-state index contributed by atoms with van der Waals surface area (Å²) in [5.41, 5.74) is 5.18. The zero-order chi connectivity index (χ0) is 12.8. The fourth-order valence-corrected chi connectivity index (χ4v) is 1.20. The lowest BCUT2D eigenvalue weighted by Gasteiger charge is -2.14. The third-order valence-corrected chi connectivity index (χ3v) is 1.94. The molecular formula is C9H15N5O3. The summed E-state index contributed by atoms with van der Waals surface area (Å²) in [5, 5.41) is 13.6. The SMILES string of the molecule is CCOCC(C)Nc1nc(N)ncc1[N+](=O)[O-]. The Morgan fingerprint density at radius 3 is 3.00 bits per heavy atom. The fraction of sp³-hybridized carbons (Fsp3) is 0.556. The number of anilines is 2. The summed E-state index contributed by atoms with van der Waals surface area (Å²) < 4.78 is 5.19. The van der Waals surface area contributed by atoms with Crippen LogP contribution >= 0.6 is 0 Å². The van der Waals surface area contributed by atoms with Crippen LogP contribution in [0.15, 0.2) is 6.20 Å². The average Bonchev–Trinajstić information content (AvgIpc) is 2.26. The van der Waals surface area contributed by atoms with Gasteiger partial charge in [-0.15, -0.1) is 0 Å². The molecule has 1 atom stereocenters.